The lowest BCUT2D eigenvalue weighted by Gasteiger charge is -2.10. The Morgan fingerprint density at radius 3 is 3.00 bits per heavy atom. The van der Waals surface area contributed by atoms with E-state index in [1.165, 1.54) is 0 Å². The first kappa shape index (κ1) is 11.6. The van der Waals surface area contributed by atoms with Gasteiger partial charge in [-0.25, -0.2) is 15.0 Å². The fourth-order valence-corrected chi connectivity index (χ4v) is 1.89. The van der Waals surface area contributed by atoms with Crippen molar-refractivity contribution in [3.63, 3.8) is 0 Å². The highest BCUT2D eigenvalue weighted by Crippen LogP contribution is 2.31. The van der Waals surface area contributed by atoms with Crippen LogP contribution >= 0.6 is 0 Å². The molecule has 0 unspecified atom stereocenters. The Labute approximate surface area is 111 Å². The maximum Gasteiger partial charge on any atom is 0.154 e. The minimum atomic E-state index is 0. The summed E-state index contributed by atoms with van der Waals surface area (Å²) in [5.41, 5.74) is 7.62. The Balaban J connectivity index is 0.00000147. The van der Waals surface area contributed by atoms with Gasteiger partial charge in [0, 0.05) is 7.62 Å². The highest BCUT2D eigenvalue weighted by molar-refractivity contribution is 6.06. The third-order valence-electron chi connectivity index (χ3n) is 2.74. The molecule has 1 aliphatic heterocycles. The number of aryl methyl sites for hydroxylation is 1. The van der Waals surface area contributed by atoms with Crippen molar-refractivity contribution in [2.75, 3.05) is 5.32 Å². The molecule has 0 saturated heterocycles. The SMILES string of the molecule is Cc1ncc2c(n1)Nc1ccccc1N=C2NNN.[HH]. The van der Waals surface area contributed by atoms with Crippen molar-refractivity contribution in [2.45, 2.75) is 6.92 Å². The average molecular weight is 257 g/mol. The van der Waals surface area contributed by atoms with Crippen LogP contribution in [0, 0.1) is 6.92 Å². The molecule has 0 spiro atoms. The first-order chi connectivity index (χ1) is 9.28. The number of anilines is 2. The summed E-state index contributed by atoms with van der Waals surface area (Å²) in [5.74, 6) is 7.26. The van der Waals surface area contributed by atoms with Gasteiger partial charge in [-0.3, -0.25) is 11.3 Å². The third kappa shape index (κ3) is 2.12. The van der Waals surface area contributed by atoms with Gasteiger partial charge in [0.1, 0.15) is 11.6 Å². The number of rotatable bonds is 1. The highest BCUT2D eigenvalue weighted by Gasteiger charge is 2.17. The summed E-state index contributed by atoms with van der Waals surface area (Å²) in [6.07, 6.45) is 1.71. The number of aromatic nitrogens is 2. The second-order valence-electron chi connectivity index (χ2n) is 4.05. The number of nitrogens with zero attached hydrogens (tertiary/aromatic N) is 3. The molecule has 19 heavy (non-hydrogen) atoms. The summed E-state index contributed by atoms with van der Waals surface area (Å²) in [4.78, 5) is 13.1. The van der Waals surface area contributed by atoms with E-state index in [1.54, 1.807) is 6.20 Å². The normalized spacial score (nSPS) is 12.6. The van der Waals surface area contributed by atoms with Crippen molar-refractivity contribution in [1.82, 2.24) is 20.9 Å². The third-order valence-corrected chi connectivity index (χ3v) is 2.74. The van der Waals surface area contributed by atoms with Crippen molar-refractivity contribution < 1.29 is 1.43 Å². The van der Waals surface area contributed by atoms with Crippen molar-refractivity contribution in [3.8, 4) is 0 Å². The molecule has 0 radical (unpaired) electrons. The molecule has 2 heterocycles. The lowest BCUT2D eigenvalue weighted by atomic mass is 10.2. The van der Waals surface area contributed by atoms with Gasteiger partial charge >= 0.3 is 0 Å². The largest absolute Gasteiger partial charge is 0.338 e. The number of hydrogen-bond donors (Lipinski definition) is 4. The Morgan fingerprint density at radius 2 is 2.16 bits per heavy atom. The molecule has 3 rings (SSSR count). The number of benzene rings is 1. The lowest BCUT2D eigenvalue weighted by molar-refractivity contribution is 0.696. The van der Waals surface area contributed by atoms with E-state index >= 15 is 0 Å². The van der Waals surface area contributed by atoms with Crippen LogP contribution in [0.2, 0.25) is 0 Å². The molecule has 0 aliphatic carbocycles. The standard InChI is InChI=1S/C12H13N7.H2/c1-7-14-6-8-11(15-7)16-9-4-2-3-5-10(9)17-12(8)18-19-13;/h2-6,19H,13H2,1H3,(H,17,18)(H,14,15,16);1H. The van der Waals surface area contributed by atoms with Gasteiger partial charge in [0.05, 0.1) is 16.9 Å². The number of aliphatic imine (C=N–C) groups is 1. The van der Waals surface area contributed by atoms with Crippen LogP contribution in [0.3, 0.4) is 0 Å². The number of hydrazine groups is 2. The van der Waals surface area contributed by atoms with E-state index in [0.29, 0.717) is 17.5 Å². The Morgan fingerprint density at radius 1 is 1.32 bits per heavy atom. The number of amidine groups is 1. The van der Waals surface area contributed by atoms with Gasteiger partial charge in [0.15, 0.2) is 5.84 Å². The van der Waals surface area contributed by atoms with E-state index < -0.39 is 0 Å². The quantitative estimate of drug-likeness (QED) is 0.451. The molecule has 7 nitrogen and oxygen atoms in total. The molecule has 1 aromatic carbocycles. The smallest absolute Gasteiger partial charge is 0.154 e. The van der Waals surface area contributed by atoms with Gasteiger partial charge in [-0.2, -0.15) is 5.53 Å². The van der Waals surface area contributed by atoms with E-state index in [2.05, 4.69) is 31.2 Å². The molecular weight excluding hydrogens is 242 g/mol. The second kappa shape index (κ2) is 4.63. The first-order valence-electron chi connectivity index (χ1n) is 5.78. The molecule has 0 amide bonds. The Bertz CT molecular complexity index is 656. The van der Waals surface area contributed by atoms with Gasteiger partial charge in [-0.1, -0.05) is 12.1 Å². The Hall–Kier alpha value is -2.51. The van der Waals surface area contributed by atoms with Crippen LogP contribution in [-0.4, -0.2) is 15.8 Å². The molecular formula is C12H15N7. The zero-order valence-electron chi connectivity index (χ0n) is 10.3. The van der Waals surface area contributed by atoms with Crippen LogP contribution in [0.15, 0.2) is 35.5 Å². The van der Waals surface area contributed by atoms with Gasteiger partial charge in [-0.15, -0.1) is 0 Å². The minimum absolute atomic E-state index is 0. The van der Waals surface area contributed by atoms with E-state index in [-0.39, 0.29) is 1.43 Å². The van der Waals surface area contributed by atoms with E-state index in [9.17, 15) is 0 Å². The molecule has 1 aliphatic rings. The molecule has 0 atom stereocenters. The zero-order valence-corrected chi connectivity index (χ0v) is 10.3. The van der Waals surface area contributed by atoms with Crippen LogP contribution in [0.1, 0.15) is 12.8 Å². The topological polar surface area (TPSA) is 100 Å². The number of fused-ring (bicyclic) bond motifs is 2. The maximum absolute atomic E-state index is 5.31. The number of hydrogen-bond acceptors (Lipinski definition) is 7. The molecule has 0 bridgehead atoms. The molecule has 0 fully saturated rings. The van der Waals surface area contributed by atoms with E-state index in [4.69, 9.17) is 5.84 Å². The first-order valence-corrected chi connectivity index (χ1v) is 5.78. The fraction of sp³-hybridized carbons (Fsp3) is 0.0833. The molecule has 98 valence electrons. The summed E-state index contributed by atoms with van der Waals surface area (Å²) >= 11 is 0. The number of para-hydroxylation sites is 2. The van der Waals surface area contributed by atoms with Crippen LogP contribution in [0.25, 0.3) is 0 Å². The summed E-state index contributed by atoms with van der Waals surface area (Å²) < 4.78 is 0. The highest BCUT2D eigenvalue weighted by atomic mass is 15.5. The predicted octanol–water partition coefficient (Wildman–Crippen LogP) is 1.13. The van der Waals surface area contributed by atoms with Crippen molar-refractivity contribution in [1.29, 1.82) is 0 Å². The Kier molecular flexibility index (Phi) is 2.82. The molecule has 0 saturated carbocycles. The van der Waals surface area contributed by atoms with Gasteiger partial charge in [0.25, 0.3) is 0 Å². The van der Waals surface area contributed by atoms with Crippen LogP contribution in [-0.2, 0) is 0 Å². The fourth-order valence-electron chi connectivity index (χ4n) is 1.89. The molecule has 1 aromatic heterocycles. The maximum atomic E-state index is 5.31. The molecule has 5 N–H and O–H groups in total. The second-order valence-corrected chi connectivity index (χ2v) is 4.05. The zero-order chi connectivity index (χ0) is 13.2. The van der Waals surface area contributed by atoms with Gasteiger partial charge < -0.3 is 5.32 Å². The monoisotopic (exact) mass is 257 g/mol. The average Bonchev–Trinajstić information content (AvgIpc) is 2.55. The molecule has 2 aromatic rings. The van der Waals surface area contributed by atoms with Crippen LogP contribution in [0.4, 0.5) is 17.2 Å². The summed E-state index contributed by atoms with van der Waals surface area (Å²) in [5, 5.41) is 3.26. The van der Waals surface area contributed by atoms with Gasteiger partial charge in [0.2, 0.25) is 0 Å². The van der Waals surface area contributed by atoms with E-state index in [0.717, 1.165) is 16.9 Å². The van der Waals surface area contributed by atoms with E-state index in [1.807, 2.05) is 31.2 Å². The van der Waals surface area contributed by atoms with Crippen molar-refractivity contribution in [3.05, 3.63) is 41.9 Å². The predicted molar refractivity (Wildman–Crippen MR) is 75.3 cm³/mol. The van der Waals surface area contributed by atoms with Gasteiger partial charge in [-0.05, 0) is 19.1 Å². The van der Waals surface area contributed by atoms with Crippen molar-refractivity contribution in [2.24, 2.45) is 10.8 Å². The summed E-state index contributed by atoms with van der Waals surface area (Å²) in [6.45, 7) is 1.84. The summed E-state index contributed by atoms with van der Waals surface area (Å²) in [6, 6.07) is 7.71. The minimum Gasteiger partial charge on any atom is -0.338 e. The van der Waals surface area contributed by atoms with Crippen LogP contribution < -0.4 is 22.1 Å². The lowest BCUT2D eigenvalue weighted by Crippen LogP contribution is -2.42. The molecule has 7 heteroatoms. The van der Waals surface area contributed by atoms with Crippen molar-refractivity contribution >= 4 is 23.0 Å². The number of nitrogens with two attached hydrogens (primary N) is 1. The summed E-state index contributed by atoms with van der Waals surface area (Å²) in [7, 11) is 0. The van der Waals surface area contributed by atoms with Crippen LogP contribution in [0.5, 0.6) is 0 Å². The number of nitrogens with one attached hydrogen (secondary N) is 3.